The third-order valence-corrected chi connectivity index (χ3v) is 1.72. The van der Waals surface area contributed by atoms with Gasteiger partial charge in [0, 0.05) is 7.11 Å². The molecular weight excluding hydrogens is 104 g/mol. The molecule has 1 aliphatic rings. The number of methoxy groups -OCH3 is 1. The van der Waals surface area contributed by atoms with Crippen molar-refractivity contribution in [3.63, 3.8) is 0 Å². The fourth-order valence-corrected chi connectivity index (χ4v) is 1.18. The summed E-state index contributed by atoms with van der Waals surface area (Å²) in [5.41, 5.74) is 0. The minimum absolute atomic E-state index is 0.120. The van der Waals surface area contributed by atoms with Crippen LogP contribution in [0.4, 0.5) is 0 Å². The summed E-state index contributed by atoms with van der Waals surface area (Å²) in [6, 6.07) is 0. The fraction of sp³-hybridized carbons (Fsp3) is 1.00. The third kappa shape index (κ3) is 1.01. The molecule has 48 valence electrons. The Morgan fingerprint density at radius 3 is 2.50 bits per heavy atom. The molecule has 0 aliphatic heterocycles. The van der Waals surface area contributed by atoms with Crippen molar-refractivity contribution in [3.05, 3.63) is 0 Å². The van der Waals surface area contributed by atoms with E-state index >= 15 is 0 Å². The molecule has 0 aromatic heterocycles. The first-order valence-electron chi connectivity index (χ1n) is 3.05. The van der Waals surface area contributed by atoms with E-state index in [4.69, 9.17) is 9.84 Å². The molecule has 0 amide bonds. The summed E-state index contributed by atoms with van der Waals surface area (Å²) >= 11 is 0. The highest BCUT2D eigenvalue weighted by Gasteiger charge is 2.23. The van der Waals surface area contributed by atoms with Gasteiger partial charge in [-0.25, -0.2) is 0 Å². The van der Waals surface area contributed by atoms with E-state index in [9.17, 15) is 0 Å². The first kappa shape index (κ1) is 6.05. The van der Waals surface area contributed by atoms with E-state index in [0.29, 0.717) is 0 Å². The number of hydrogen-bond donors (Lipinski definition) is 1. The molecule has 0 radical (unpaired) electrons. The second kappa shape index (κ2) is 2.46. The van der Waals surface area contributed by atoms with Crippen molar-refractivity contribution >= 4 is 0 Å². The van der Waals surface area contributed by atoms with E-state index in [1.165, 1.54) is 0 Å². The topological polar surface area (TPSA) is 29.5 Å². The maximum absolute atomic E-state index is 9.06. The zero-order chi connectivity index (χ0) is 5.98. The molecule has 1 fully saturated rings. The van der Waals surface area contributed by atoms with Crippen molar-refractivity contribution in [3.8, 4) is 0 Å². The number of aliphatic hydroxyl groups is 1. The summed E-state index contributed by atoms with van der Waals surface area (Å²) in [4.78, 5) is 0. The monoisotopic (exact) mass is 116 g/mol. The molecule has 2 atom stereocenters. The van der Waals surface area contributed by atoms with Crippen LogP contribution in [0.1, 0.15) is 19.3 Å². The molecule has 0 aromatic carbocycles. The van der Waals surface area contributed by atoms with Crippen LogP contribution in [0.5, 0.6) is 0 Å². The Hall–Kier alpha value is -0.0800. The Bertz CT molecular complexity index is 72.9. The van der Waals surface area contributed by atoms with Crippen molar-refractivity contribution in [2.45, 2.75) is 31.5 Å². The van der Waals surface area contributed by atoms with Gasteiger partial charge in [-0.05, 0) is 19.3 Å². The molecule has 1 aliphatic carbocycles. The first-order valence-corrected chi connectivity index (χ1v) is 3.05. The highest BCUT2D eigenvalue weighted by Crippen LogP contribution is 2.20. The van der Waals surface area contributed by atoms with Crippen LogP contribution in [0.2, 0.25) is 0 Å². The molecule has 0 aromatic rings. The van der Waals surface area contributed by atoms with Gasteiger partial charge in [-0.2, -0.15) is 0 Å². The molecule has 0 unspecified atom stereocenters. The molecule has 1 saturated carbocycles. The standard InChI is InChI=1S/C6H12O2/c1-8-6-4-2-3-5(6)7/h5-7H,2-4H2,1H3/t5-,6-/m1/s1. The van der Waals surface area contributed by atoms with Gasteiger partial charge in [0.25, 0.3) is 0 Å². The lowest BCUT2D eigenvalue weighted by Crippen LogP contribution is -2.20. The Balaban J connectivity index is 2.30. The average Bonchev–Trinajstić information content (AvgIpc) is 2.14. The number of aliphatic hydroxyl groups excluding tert-OH is 1. The molecular formula is C6H12O2. The van der Waals surface area contributed by atoms with Crippen molar-refractivity contribution < 1.29 is 9.84 Å². The first-order chi connectivity index (χ1) is 3.84. The van der Waals surface area contributed by atoms with Crippen LogP contribution in [-0.4, -0.2) is 24.4 Å². The molecule has 2 heteroatoms. The Morgan fingerprint density at radius 2 is 2.25 bits per heavy atom. The number of hydrogen-bond acceptors (Lipinski definition) is 2. The average molecular weight is 116 g/mol. The maximum atomic E-state index is 9.06. The summed E-state index contributed by atoms with van der Waals surface area (Å²) in [5.74, 6) is 0. The van der Waals surface area contributed by atoms with Crippen molar-refractivity contribution in [1.29, 1.82) is 0 Å². The SMILES string of the molecule is CO[C@@H]1CCC[C@H]1O. The molecule has 2 nitrogen and oxygen atoms in total. The molecule has 0 bridgehead atoms. The van der Waals surface area contributed by atoms with E-state index in [2.05, 4.69) is 0 Å². The van der Waals surface area contributed by atoms with E-state index in [1.54, 1.807) is 7.11 Å². The van der Waals surface area contributed by atoms with E-state index < -0.39 is 0 Å². The highest BCUT2D eigenvalue weighted by atomic mass is 16.5. The zero-order valence-electron chi connectivity index (χ0n) is 5.13. The largest absolute Gasteiger partial charge is 0.390 e. The van der Waals surface area contributed by atoms with Crippen molar-refractivity contribution in [1.82, 2.24) is 0 Å². The minimum Gasteiger partial charge on any atom is -0.390 e. The zero-order valence-corrected chi connectivity index (χ0v) is 5.13. The molecule has 0 spiro atoms. The fourth-order valence-electron chi connectivity index (χ4n) is 1.18. The second-order valence-corrected chi connectivity index (χ2v) is 2.27. The quantitative estimate of drug-likeness (QED) is 0.542. The summed E-state index contributed by atoms with van der Waals surface area (Å²) in [6.07, 6.45) is 2.98. The van der Waals surface area contributed by atoms with Gasteiger partial charge in [0.05, 0.1) is 12.2 Å². The molecule has 8 heavy (non-hydrogen) atoms. The lowest BCUT2D eigenvalue weighted by molar-refractivity contribution is 0.00983. The Kier molecular flexibility index (Phi) is 1.86. The van der Waals surface area contributed by atoms with Crippen LogP contribution < -0.4 is 0 Å². The maximum Gasteiger partial charge on any atom is 0.0830 e. The van der Waals surface area contributed by atoms with Gasteiger partial charge >= 0.3 is 0 Å². The van der Waals surface area contributed by atoms with Crippen LogP contribution in [0.15, 0.2) is 0 Å². The lowest BCUT2D eigenvalue weighted by atomic mass is 10.3. The van der Waals surface area contributed by atoms with Gasteiger partial charge < -0.3 is 9.84 Å². The molecule has 1 rings (SSSR count). The van der Waals surface area contributed by atoms with Gasteiger partial charge in [-0.3, -0.25) is 0 Å². The Morgan fingerprint density at radius 1 is 1.50 bits per heavy atom. The summed E-state index contributed by atoms with van der Waals surface area (Å²) in [5, 5.41) is 9.06. The predicted octanol–water partition coefficient (Wildman–Crippen LogP) is 0.546. The van der Waals surface area contributed by atoms with Crippen molar-refractivity contribution in [2.75, 3.05) is 7.11 Å². The van der Waals surface area contributed by atoms with Crippen molar-refractivity contribution in [2.24, 2.45) is 0 Å². The van der Waals surface area contributed by atoms with Crippen LogP contribution in [0.25, 0.3) is 0 Å². The van der Waals surface area contributed by atoms with Gasteiger partial charge in [-0.15, -0.1) is 0 Å². The molecule has 1 N–H and O–H groups in total. The van der Waals surface area contributed by atoms with Crippen LogP contribution in [0, 0.1) is 0 Å². The highest BCUT2D eigenvalue weighted by molar-refractivity contribution is 4.76. The van der Waals surface area contributed by atoms with Gasteiger partial charge in [0.2, 0.25) is 0 Å². The summed E-state index contributed by atoms with van der Waals surface area (Å²) in [6.45, 7) is 0. The van der Waals surface area contributed by atoms with Gasteiger partial charge in [-0.1, -0.05) is 0 Å². The van der Waals surface area contributed by atoms with E-state index in [-0.39, 0.29) is 12.2 Å². The normalized spacial score (nSPS) is 38.2. The Labute approximate surface area is 49.5 Å². The number of ether oxygens (including phenoxy) is 1. The third-order valence-electron chi connectivity index (χ3n) is 1.72. The summed E-state index contributed by atoms with van der Waals surface area (Å²) in [7, 11) is 1.65. The minimum atomic E-state index is -0.194. The van der Waals surface area contributed by atoms with Crippen LogP contribution in [-0.2, 0) is 4.74 Å². The number of rotatable bonds is 1. The summed E-state index contributed by atoms with van der Waals surface area (Å²) < 4.78 is 4.97. The molecule has 0 saturated heterocycles. The van der Waals surface area contributed by atoms with Gasteiger partial charge in [0.1, 0.15) is 0 Å². The smallest absolute Gasteiger partial charge is 0.0830 e. The van der Waals surface area contributed by atoms with E-state index in [0.717, 1.165) is 19.3 Å². The second-order valence-electron chi connectivity index (χ2n) is 2.27. The predicted molar refractivity (Wildman–Crippen MR) is 30.7 cm³/mol. The molecule has 0 heterocycles. The lowest BCUT2D eigenvalue weighted by Gasteiger charge is -2.10. The van der Waals surface area contributed by atoms with E-state index in [1.807, 2.05) is 0 Å². The van der Waals surface area contributed by atoms with Crippen LogP contribution >= 0.6 is 0 Å². The van der Waals surface area contributed by atoms with Gasteiger partial charge in [0.15, 0.2) is 0 Å². The van der Waals surface area contributed by atoms with Crippen LogP contribution in [0.3, 0.4) is 0 Å².